The summed E-state index contributed by atoms with van der Waals surface area (Å²) in [6, 6.07) is 4.48. The fourth-order valence-electron chi connectivity index (χ4n) is 0.927. The highest BCUT2D eigenvalue weighted by atomic mass is 16.3. The molecule has 0 aromatic heterocycles. The van der Waals surface area contributed by atoms with Crippen LogP contribution < -0.4 is 5.43 Å². The van der Waals surface area contributed by atoms with E-state index in [1.807, 2.05) is 0 Å². The van der Waals surface area contributed by atoms with Crippen molar-refractivity contribution in [1.29, 1.82) is 0 Å². The van der Waals surface area contributed by atoms with E-state index in [9.17, 15) is 9.90 Å². The maximum absolute atomic E-state index is 10.9. The van der Waals surface area contributed by atoms with Crippen molar-refractivity contribution in [3.63, 3.8) is 0 Å². The zero-order chi connectivity index (χ0) is 8.43. The average Bonchev–Trinajstić information content (AvgIpc) is 2.05. The molecule has 0 amide bonds. The van der Waals surface area contributed by atoms with E-state index in [2.05, 4.69) is 0 Å². The summed E-state index contributed by atoms with van der Waals surface area (Å²) < 4.78 is 0. The Hall–Kier alpha value is -1.31. The fourth-order valence-corrected chi connectivity index (χ4v) is 0.927. The van der Waals surface area contributed by atoms with E-state index in [0.717, 1.165) is 5.56 Å². The van der Waals surface area contributed by atoms with Gasteiger partial charge in [0.05, 0.1) is 0 Å². The quantitative estimate of drug-likeness (QED) is 0.606. The Bertz CT molecular complexity index is 329. The van der Waals surface area contributed by atoms with Crippen molar-refractivity contribution in [2.24, 2.45) is 0 Å². The van der Waals surface area contributed by atoms with Crippen molar-refractivity contribution >= 4 is 0 Å². The number of aromatic hydroxyl groups is 1. The third-order valence-corrected chi connectivity index (χ3v) is 1.60. The molecule has 0 radical (unpaired) electrons. The van der Waals surface area contributed by atoms with Gasteiger partial charge in [-0.25, -0.2) is 0 Å². The van der Waals surface area contributed by atoms with Gasteiger partial charge in [-0.15, -0.1) is 0 Å². The van der Waals surface area contributed by atoms with Gasteiger partial charge in [-0.1, -0.05) is 6.07 Å². The van der Waals surface area contributed by atoms with Gasteiger partial charge < -0.3 is 5.11 Å². The first kappa shape index (κ1) is 7.79. The molecule has 0 aliphatic carbocycles. The van der Waals surface area contributed by atoms with E-state index in [1.165, 1.54) is 12.1 Å². The topological polar surface area (TPSA) is 37.3 Å². The highest BCUT2D eigenvalue weighted by Crippen LogP contribution is 2.16. The van der Waals surface area contributed by atoms with Gasteiger partial charge in [0.25, 0.3) is 0 Å². The minimum atomic E-state index is -0.0779. The first-order chi connectivity index (χ1) is 5.11. The van der Waals surface area contributed by atoms with Crippen LogP contribution in [0.3, 0.4) is 0 Å². The van der Waals surface area contributed by atoms with Crippen LogP contribution in [-0.4, -0.2) is 5.11 Å². The minimum Gasteiger partial charge on any atom is -0.507 e. The van der Waals surface area contributed by atoms with E-state index in [0.29, 0.717) is 5.56 Å². The van der Waals surface area contributed by atoms with Crippen molar-refractivity contribution in [2.75, 3.05) is 0 Å². The predicted octanol–water partition coefficient (Wildman–Crippen LogP) is 1.37. The molecule has 0 saturated heterocycles. The molecule has 11 heavy (non-hydrogen) atoms. The van der Waals surface area contributed by atoms with Crippen LogP contribution in [0.2, 0.25) is 0 Å². The molecule has 1 rings (SSSR count). The Morgan fingerprint density at radius 1 is 1.18 bits per heavy atom. The predicted molar refractivity (Wildman–Crippen MR) is 43.9 cm³/mol. The highest BCUT2D eigenvalue weighted by molar-refractivity contribution is 5.36. The molecule has 0 bridgehead atoms. The molecule has 0 fully saturated rings. The van der Waals surface area contributed by atoms with Gasteiger partial charge in [0.1, 0.15) is 5.75 Å². The van der Waals surface area contributed by atoms with Crippen LogP contribution in [-0.2, 0) is 0 Å². The molecule has 0 aliphatic heterocycles. The van der Waals surface area contributed by atoms with Gasteiger partial charge in [0.2, 0.25) is 0 Å². The summed E-state index contributed by atoms with van der Waals surface area (Å²) in [5.41, 5.74) is 1.27. The zero-order valence-electron chi connectivity index (χ0n) is 6.59. The summed E-state index contributed by atoms with van der Waals surface area (Å²) in [6.45, 7) is 3.48. The van der Waals surface area contributed by atoms with Crippen molar-refractivity contribution in [3.05, 3.63) is 39.5 Å². The van der Waals surface area contributed by atoms with E-state index in [-0.39, 0.29) is 11.2 Å². The van der Waals surface area contributed by atoms with Crippen LogP contribution in [0.4, 0.5) is 0 Å². The standard InChI is InChI=1S/C9H10O2/c1-6-3-4-8(10)5-7(2)9(6)11/h3-5,11H,1-2H3. The minimum absolute atomic E-state index is 0.0779. The van der Waals surface area contributed by atoms with Crippen molar-refractivity contribution < 1.29 is 5.11 Å². The first-order valence-electron chi connectivity index (χ1n) is 3.42. The van der Waals surface area contributed by atoms with Crippen LogP contribution in [0.25, 0.3) is 0 Å². The van der Waals surface area contributed by atoms with Crippen LogP contribution in [0, 0.1) is 13.8 Å². The van der Waals surface area contributed by atoms with E-state index in [4.69, 9.17) is 0 Å². The Morgan fingerprint density at radius 3 is 2.45 bits per heavy atom. The summed E-state index contributed by atoms with van der Waals surface area (Å²) in [7, 11) is 0. The molecular weight excluding hydrogens is 140 g/mol. The zero-order valence-corrected chi connectivity index (χ0v) is 6.59. The fraction of sp³-hybridized carbons (Fsp3) is 0.222. The Labute approximate surface area is 65.1 Å². The second kappa shape index (κ2) is 2.74. The van der Waals surface area contributed by atoms with Crippen LogP contribution in [0.1, 0.15) is 11.1 Å². The van der Waals surface area contributed by atoms with Crippen LogP contribution in [0.15, 0.2) is 23.0 Å². The molecule has 0 saturated carbocycles. The molecule has 0 aliphatic rings. The van der Waals surface area contributed by atoms with Gasteiger partial charge in [-0.05, 0) is 37.1 Å². The molecule has 1 aromatic carbocycles. The lowest BCUT2D eigenvalue weighted by Crippen LogP contribution is -1.89. The lowest BCUT2D eigenvalue weighted by Gasteiger charge is -1.93. The SMILES string of the molecule is Cc1ccc(=O)cc(C)c1O. The summed E-state index contributed by atoms with van der Waals surface area (Å²) in [6.07, 6.45) is 0. The third kappa shape index (κ3) is 1.58. The van der Waals surface area contributed by atoms with E-state index < -0.39 is 0 Å². The molecule has 0 spiro atoms. The summed E-state index contributed by atoms with van der Waals surface area (Å²) in [4.78, 5) is 10.9. The Balaban J connectivity index is 3.56. The van der Waals surface area contributed by atoms with Crippen molar-refractivity contribution in [3.8, 4) is 5.75 Å². The molecule has 2 nitrogen and oxygen atoms in total. The maximum Gasteiger partial charge on any atom is 0.179 e. The van der Waals surface area contributed by atoms with Gasteiger partial charge >= 0.3 is 0 Å². The van der Waals surface area contributed by atoms with Gasteiger partial charge in [0.15, 0.2) is 5.43 Å². The molecule has 1 N–H and O–H groups in total. The van der Waals surface area contributed by atoms with Gasteiger partial charge in [0, 0.05) is 0 Å². The third-order valence-electron chi connectivity index (χ3n) is 1.60. The summed E-state index contributed by atoms with van der Waals surface area (Å²) >= 11 is 0. The van der Waals surface area contributed by atoms with Gasteiger partial charge in [-0.3, -0.25) is 4.79 Å². The molecule has 0 unspecified atom stereocenters. The molecule has 58 valence electrons. The largest absolute Gasteiger partial charge is 0.507 e. The van der Waals surface area contributed by atoms with E-state index >= 15 is 0 Å². The normalized spacial score (nSPS) is 9.64. The molecule has 0 heterocycles. The smallest absolute Gasteiger partial charge is 0.179 e. The number of rotatable bonds is 0. The maximum atomic E-state index is 10.9. The second-order valence-electron chi connectivity index (χ2n) is 2.59. The summed E-state index contributed by atoms with van der Waals surface area (Å²) in [5.74, 6) is 0.201. The molecule has 0 atom stereocenters. The van der Waals surface area contributed by atoms with E-state index in [1.54, 1.807) is 19.9 Å². The molecular formula is C9H10O2. The number of hydrogen-bond acceptors (Lipinski definition) is 2. The van der Waals surface area contributed by atoms with Gasteiger partial charge in [-0.2, -0.15) is 0 Å². The second-order valence-corrected chi connectivity index (χ2v) is 2.59. The number of hydrogen-bond donors (Lipinski definition) is 1. The average molecular weight is 150 g/mol. The van der Waals surface area contributed by atoms with Crippen molar-refractivity contribution in [1.82, 2.24) is 0 Å². The van der Waals surface area contributed by atoms with Crippen molar-refractivity contribution in [2.45, 2.75) is 13.8 Å². The molecule has 1 aromatic rings. The number of aryl methyl sites for hydroxylation is 2. The highest BCUT2D eigenvalue weighted by Gasteiger charge is 1.96. The van der Waals surface area contributed by atoms with Crippen LogP contribution in [0.5, 0.6) is 5.75 Å². The molecule has 2 heteroatoms. The summed E-state index contributed by atoms with van der Waals surface area (Å²) in [5, 5.41) is 9.35. The lowest BCUT2D eigenvalue weighted by molar-refractivity contribution is 0.467. The monoisotopic (exact) mass is 150 g/mol. The lowest BCUT2D eigenvalue weighted by atomic mass is 10.2. The first-order valence-corrected chi connectivity index (χ1v) is 3.42. The Morgan fingerprint density at radius 2 is 1.82 bits per heavy atom. The Kier molecular flexibility index (Phi) is 1.94. The van der Waals surface area contributed by atoms with Crippen LogP contribution >= 0.6 is 0 Å².